The highest BCUT2D eigenvalue weighted by Gasteiger charge is 2.16. The van der Waals surface area contributed by atoms with Gasteiger partial charge in [-0.25, -0.2) is 9.78 Å². The van der Waals surface area contributed by atoms with Crippen molar-refractivity contribution in [1.82, 2.24) is 9.97 Å². The van der Waals surface area contributed by atoms with Crippen LogP contribution in [0.2, 0.25) is 0 Å². The molecule has 4 nitrogen and oxygen atoms in total. The standard InChI is InChI=1S/C22H16N2O2S/c1-14-3-2-4-18(13-14)19-20(15-9-11-23-12-10-15)27-21(24-19)16-5-7-17(8-6-16)22(25)26/h2-13H,1H3,(H,25,26). The van der Waals surface area contributed by atoms with Gasteiger partial charge in [0.15, 0.2) is 0 Å². The first-order valence-electron chi connectivity index (χ1n) is 8.44. The van der Waals surface area contributed by atoms with Crippen LogP contribution in [-0.4, -0.2) is 21.0 Å². The van der Waals surface area contributed by atoms with Crippen LogP contribution >= 0.6 is 11.3 Å². The van der Waals surface area contributed by atoms with Crippen molar-refractivity contribution >= 4 is 17.3 Å². The minimum atomic E-state index is -0.932. The molecule has 0 aliphatic carbocycles. The number of carboxylic acid groups (broad SMARTS) is 1. The van der Waals surface area contributed by atoms with Gasteiger partial charge in [-0.3, -0.25) is 4.98 Å². The van der Waals surface area contributed by atoms with E-state index < -0.39 is 5.97 Å². The molecule has 2 aromatic heterocycles. The summed E-state index contributed by atoms with van der Waals surface area (Å²) >= 11 is 1.59. The smallest absolute Gasteiger partial charge is 0.335 e. The summed E-state index contributed by atoms with van der Waals surface area (Å²) in [7, 11) is 0. The van der Waals surface area contributed by atoms with Gasteiger partial charge in [-0.15, -0.1) is 11.3 Å². The highest BCUT2D eigenvalue weighted by atomic mass is 32.1. The maximum atomic E-state index is 11.1. The lowest BCUT2D eigenvalue weighted by Gasteiger charge is -2.03. The largest absolute Gasteiger partial charge is 0.478 e. The summed E-state index contributed by atoms with van der Waals surface area (Å²) in [6, 6.07) is 19.1. The van der Waals surface area contributed by atoms with Gasteiger partial charge in [-0.05, 0) is 42.8 Å². The molecule has 4 aromatic rings. The van der Waals surface area contributed by atoms with Gasteiger partial charge in [0.1, 0.15) is 5.01 Å². The second kappa shape index (κ2) is 7.13. The van der Waals surface area contributed by atoms with E-state index in [9.17, 15) is 4.79 Å². The van der Waals surface area contributed by atoms with Crippen molar-refractivity contribution in [3.05, 3.63) is 84.2 Å². The van der Waals surface area contributed by atoms with E-state index in [0.717, 1.165) is 32.3 Å². The van der Waals surface area contributed by atoms with Crippen LogP contribution in [-0.2, 0) is 0 Å². The lowest BCUT2D eigenvalue weighted by molar-refractivity contribution is 0.0697. The monoisotopic (exact) mass is 372 g/mol. The molecule has 5 heteroatoms. The van der Waals surface area contributed by atoms with E-state index in [1.807, 2.05) is 18.2 Å². The first-order valence-corrected chi connectivity index (χ1v) is 9.25. The van der Waals surface area contributed by atoms with E-state index in [1.165, 1.54) is 5.56 Å². The van der Waals surface area contributed by atoms with Crippen molar-refractivity contribution in [3.63, 3.8) is 0 Å². The summed E-state index contributed by atoms with van der Waals surface area (Å²) in [6.45, 7) is 2.06. The number of nitrogens with zero attached hydrogens (tertiary/aromatic N) is 2. The van der Waals surface area contributed by atoms with Crippen LogP contribution in [0.5, 0.6) is 0 Å². The Bertz CT molecular complexity index is 1100. The van der Waals surface area contributed by atoms with Gasteiger partial charge in [0.25, 0.3) is 0 Å². The van der Waals surface area contributed by atoms with Crippen molar-refractivity contribution in [3.8, 4) is 32.3 Å². The Hall–Kier alpha value is -3.31. The molecule has 1 N–H and O–H groups in total. The van der Waals surface area contributed by atoms with Gasteiger partial charge in [0, 0.05) is 23.5 Å². The maximum Gasteiger partial charge on any atom is 0.335 e. The fraction of sp³-hybridized carbons (Fsp3) is 0.0455. The summed E-state index contributed by atoms with van der Waals surface area (Å²) in [6.07, 6.45) is 3.55. The zero-order chi connectivity index (χ0) is 18.8. The summed E-state index contributed by atoms with van der Waals surface area (Å²) in [4.78, 5) is 21.2. The average Bonchev–Trinajstić information content (AvgIpc) is 3.14. The van der Waals surface area contributed by atoms with E-state index in [0.29, 0.717) is 0 Å². The summed E-state index contributed by atoms with van der Waals surface area (Å²) in [5, 5.41) is 9.96. The van der Waals surface area contributed by atoms with Crippen molar-refractivity contribution in [2.24, 2.45) is 0 Å². The summed E-state index contributed by atoms with van der Waals surface area (Å²) in [5.41, 5.74) is 5.39. The Kier molecular flexibility index (Phi) is 4.52. The molecule has 0 aliphatic rings. The quantitative estimate of drug-likeness (QED) is 0.510. The topological polar surface area (TPSA) is 63.1 Å². The molecule has 132 valence electrons. The van der Waals surface area contributed by atoms with Gasteiger partial charge < -0.3 is 5.11 Å². The van der Waals surface area contributed by atoms with Crippen LogP contribution in [0.15, 0.2) is 73.1 Å². The SMILES string of the molecule is Cc1cccc(-c2nc(-c3ccc(C(=O)O)cc3)sc2-c2ccncc2)c1. The Balaban J connectivity index is 1.86. The highest BCUT2D eigenvalue weighted by molar-refractivity contribution is 7.19. The molecule has 0 spiro atoms. The zero-order valence-corrected chi connectivity index (χ0v) is 15.4. The third-order valence-electron chi connectivity index (χ3n) is 4.24. The van der Waals surface area contributed by atoms with Crippen LogP contribution in [0.4, 0.5) is 0 Å². The molecule has 0 radical (unpaired) electrons. The molecular weight excluding hydrogens is 356 g/mol. The second-order valence-corrected chi connectivity index (χ2v) is 7.18. The number of thiazole rings is 1. The lowest BCUT2D eigenvalue weighted by Crippen LogP contribution is -1.94. The predicted molar refractivity (Wildman–Crippen MR) is 108 cm³/mol. The molecule has 2 aromatic carbocycles. The number of aromatic carboxylic acids is 1. The molecule has 27 heavy (non-hydrogen) atoms. The number of rotatable bonds is 4. The number of carbonyl (C=O) groups is 1. The van der Waals surface area contributed by atoms with Crippen molar-refractivity contribution in [1.29, 1.82) is 0 Å². The molecule has 0 saturated heterocycles. The molecule has 0 bridgehead atoms. The van der Waals surface area contributed by atoms with Crippen LogP contribution in [0.3, 0.4) is 0 Å². The molecular formula is C22H16N2O2S. The van der Waals surface area contributed by atoms with Crippen molar-refractivity contribution in [2.45, 2.75) is 6.92 Å². The average molecular weight is 372 g/mol. The number of hydrogen-bond acceptors (Lipinski definition) is 4. The normalized spacial score (nSPS) is 10.7. The molecule has 0 aliphatic heterocycles. The third-order valence-corrected chi connectivity index (χ3v) is 5.39. The van der Waals surface area contributed by atoms with E-state index in [2.05, 4.69) is 30.1 Å². The number of carboxylic acids is 1. The lowest BCUT2D eigenvalue weighted by atomic mass is 10.1. The molecule has 0 fully saturated rings. The molecule has 4 rings (SSSR count). The zero-order valence-electron chi connectivity index (χ0n) is 14.6. The Morgan fingerprint density at radius 3 is 2.33 bits per heavy atom. The number of aromatic nitrogens is 2. The van der Waals surface area contributed by atoms with Crippen LogP contribution in [0, 0.1) is 6.92 Å². The Labute approximate surface area is 160 Å². The van der Waals surface area contributed by atoms with E-state index in [4.69, 9.17) is 10.1 Å². The third kappa shape index (κ3) is 3.50. The minimum Gasteiger partial charge on any atom is -0.478 e. The number of benzene rings is 2. The Morgan fingerprint density at radius 1 is 0.926 bits per heavy atom. The molecule has 0 amide bonds. The first kappa shape index (κ1) is 17.1. The minimum absolute atomic E-state index is 0.267. The van der Waals surface area contributed by atoms with Gasteiger partial charge in [-0.1, -0.05) is 35.9 Å². The van der Waals surface area contributed by atoms with Gasteiger partial charge in [0.05, 0.1) is 16.1 Å². The summed E-state index contributed by atoms with van der Waals surface area (Å²) < 4.78 is 0. The maximum absolute atomic E-state index is 11.1. The van der Waals surface area contributed by atoms with Gasteiger partial charge in [-0.2, -0.15) is 0 Å². The molecule has 0 atom stereocenters. The van der Waals surface area contributed by atoms with Crippen LogP contribution in [0.25, 0.3) is 32.3 Å². The molecule has 0 unspecified atom stereocenters. The van der Waals surface area contributed by atoms with E-state index >= 15 is 0 Å². The highest BCUT2D eigenvalue weighted by Crippen LogP contribution is 2.40. The number of pyridine rings is 1. The molecule has 0 saturated carbocycles. The van der Waals surface area contributed by atoms with Gasteiger partial charge >= 0.3 is 5.97 Å². The Morgan fingerprint density at radius 2 is 1.67 bits per heavy atom. The van der Waals surface area contributed by atoms with Crippen molar-refractivity contribution in [2.75, 3.05) is 0 Å². The fourth-order valence-electron chi connectivity index (χ4n) is 2.89. The number of aryl methyl sites for hydroxylation is 1. The fourth-order valence-corrected chi connectivity index (χ4v) is 3.98. The second-order valence-electron chi connectivity index (χ2n) is 6.18. The molecule has 2 heterocycles. The van der Waals surface area contributed by atoms with E-state index in [-0.39, 0.29) is 5.56 Å². The summed E-state index contributed by atoms with van der Waals surface area (Å²) in [5.74, 6) is -0.932. The number of hydrogen-bond donors (Lipinski definition) is 1. The van der Waals surface area contributed by atoms with Crippen LogP contribution < -0.4 is 0 Å². The van der Waals surface area contributed by atoms with Crippen molar-refractivity contribution < 1.29 is 9.90 Å². The van der Waals surface area contributed by atoms with Crippen LogP contribution in [0.1, 0.15) is 15.9 Å². The van der Waals surface area contributed by atoms with E-state index in [1.54, 1.807) is 48.0 Å². The first-order chi connectivity index (χ1) is 13.1. The predicted octanol–water partition coefficient (Wildman–Crippen LogP) is 5.55. The van der Waals surface area contributed by atoms with Gasteiger partial charge in [0.2, 0.25) is 0 Å².